The van der Waals surface area contributed by atoms with Crippen molar-refractivity contribution in [1.82, 2.24) is 4.72 Å². The lowest BCUT2D eigenvalue weighted by Gasteiger charge is -2.14. The number of hydrogen-bond donors (Lipinski definition) is 1. The predicted molar refractivity (Wildman–Crippen MR) is 67.2 cm³/mol. The first-order valence-corrected chi connectivity index (χ1v) is 7.21. The normalized spacial score (nSPS) is 13.7. The molecule has 90 valence electrons. The Labute approximate surface area is 102 Å². The molecule has 0 heterocycles. The highest BCUT2D eigenvalue weighted by Gasteiger charge is 2.13. The molecule has 1 unspecified atom stereocenters. The van der Waals surface area contributed by atoms with E-state index in [9.17, 15) is 8.42 Å². The summed E-state index contributed by atoms with van der Waals surface area (Å²) in [7, 11) is -3.14. The van der Waals surface area contributed by atoms with E-state index in [2.05, 4.69) is 4.72 Å². The maximum absolute atomic E-state index is 11.3. The molecule has 1 atom stereocenters. The second-order valence-electron chi connectivity index (χ2n) is 3.72. The van der Waals surface area contributed by atoms with Crippen molar-refractivity contribution in [3.05, 3.63) is 34.9 Å². The van der Waals surface area contributed by atoms with Gasteiger partial charge in [0.25, 0.3) is 0 Å². The summed E-state index contributed by atoms with van der Waals surface area (Å²) in [6.07, 6.45) is 0.596. The van der Waals surface area contributed by atoms with Crippen LogP contribution >= 0.6 is 11.6 Å². The van der Waals surface area contributed by atoms with Crippen molar-refractivity contribution in [3.63, 3.8) is 0 Å². The zero-order chi connectivity index (χ0) is 12.2. The van der Waals surface area contributed by atoms with Crippen LogP contribution in [0.4, 0.5) is 0 Å². The first kappa shape index (κ1) is 13.5. The van der Waals surface area contributed by atoms with Crippen molar-refractivity contribution in [1.29, 1.82) is 0 Å². The molecule has 0 amide bonds. The van der Waals surface area contributed by atoms with Gasteiger partial charge < -0.3 is 0 Å². The predicted octanol–water partition coefficient (Wildman–Crippen LogP) is 2.21. The molecule has 1 N–H and O–H groups in total. The molecule has 1 aromatic rings. The van der Waals surface area contributed by atoms with E-state index in [0.29, 0.717) is 11.4 Å². The molecule has 0 fully saturated rings. The van der Waals surface area contributed by atoms with E-state index in [1.807, 2.05) is 25.1 Å². The zero-order valence-corrected chi connectivity index (χ0v) is 11.0. The smallest absolute Gasteiger partial charge is 0.211 e. The van der Waals surface area contributed by atoms with Crippen molar-refractivity contribution < 1.29 is 8.42 Å². The van der Waals surface area contributed by atoms with E-state index < -0.39 is 10.0 Å². The van der Waals surface area contributed by atoms with Crippen LogP contribution in [-0.2, 0) is 16.4 Å². The fraction of sp³-hybridized carbons (Fsp3) is 0.455. The third-order valence-electron chi connectivity index (χ3n) is 2.24. The summed E-state index contributed by atoms with van der Waals surface area (Å²) in [5, 5.41) is 0.671. The summed E-state index contributed by atoms with van der Waals surface area (Å²) in [6, 6.07) is 7.30. The van der Waals surface area contributed by atoms with Gasteiger partial charge in [-0.2, -0.15) is 0 Å². The van der Waals surface area contributed by atoms with E-state index in [-0.39, 0.29) is 11.8 Å². The van der Waals surface area contributed by atoms with Gasteiger partial charge in [0, 0.05) is 11.1 Å². The van der Waals surface area contributed by atoms with E-state index in [4.69, 9.17) is 11.6 Å². The standard InChI is InChI=1S/C11H16ClNO2S/c1-3-16(14,15)13-9(2)8-10-6-4-5-7-11(10)12/h4-7,9,13H,3,8H2,1-2H3. The van der Waals surface area contributed by atoms with Gasteiger partial charge >= 0.3 is 0 Å². The minimum atomic E-state index is -3.14. The van der Waals surface area contributed by atoms with Gasteiger partial charge in [-0.1, -0.05) is 29.8 Å². The van der Waals surface area contributed by atoms with Crippen LogP contribution in [0.5, 0.6) is 0 Å². The second kappa shape index (κ2) is 5.66. The minimum Gasteiger partial charge on any atom is -0.212 e. The van der Waals surface area contributed by atoms with Crippen LogP contribution in [0, 0.1) is 0 Å². The van der Waals surface area contributed by atoms with Crippen LogP contribution in [0.2, 0.25) is 5.02 Å². The molecule has 1 aromatic carbocycles. The Morgan fingerprint density at radius 2 is 2.00 bits per heavy atom. The van der Waals surface area contributed by atoms with E-state index in [0.717, 1.165) is 5.56 Å². The molecule has 16 heavy (non-hydrogen) atoms. The fourth-order valence-electron chi connectivity index (χ4n) is 1.43. The van der Waals surface area contributed by atoms with Crippen LogP contribution < -0.4 is 4.72 Å². The first-order chi connectivity index (χ1) is 7.44. The lowest BCUT2D eigenvalue weighted by atomic mass is 10.1. The van der Waals surface area contributed by atoms with Gasteiger partial charge in [-0.05, 0) is 31.9 Å². The molecular formula is C11H16ClNO2S. The molecule has 0 saturated heterocycles. The minimum absolute atomic E-state index is 0.0971. The fourth-order valence-corrected chi connectivity index (χ4v) is 2.50. The Morgan fingerprint density at radius 3 is 2.56 bits per heavy atom. The molecule has 1 rings (SSSR count). The highest BCUT2D eigenvalue weighted by atomic mass is 35.5. The molecule has 0 aromatic heterocycles. The van der Waals surface area contributed by atoms with Gasteiger partial charge in [-0.15, -0.1) is 0 Å². The van der Waals surface area contributed by atoms with Gasteiger partial charge in [-0.3, -0.25) is 0 Å². The van der Waals surface area contributed by atoms with Crippen molar-refractivity contribution in [2.75, 3.05) is 5.75 Å². The summed E-state index contributed by atoms with van der Waals surface area (Å²) < 4.78 is 25.3. The van der Waals surface area contributed by atoms with Crippen molar-refractivity contribution in [3.8, 4) is 0 Å². The Balaban J connectivity index is 2.66. The number of nitrogens with one attached hydrogen (secondary N) is 1. The SMILES string of the molecule is CCS(=O)(=O)NC(C)Cc1ccccc1Cl. The molecule has 0 radical (unpaired) electrons. The maximum atomic E-state index is 11.3. The Morgan fingerprint density at radius 1 is 1.38 bits per heavy atom. The summed E-state index contributed by atoms with van der Waals surface area (Å²) in [4.78, 5) is 0. The number of rotatable bonds is 5. The molecule has 5 heteroatoms. The van der Waals surface area contributed by atoms with Crippen LogP contribution in [0.15, 0.2) is 24.3 Å². The van der Waals surface area contributed by atoms with Crippen LogP contribution in [0.1, 0.15) is 19.4 Å². The first-order valence-electron chi connectivity index (χ1n) is 5.18. The molecule has 0 aliphatic rings. The van der Waals surface area contributed by atoms with Crippen LogP contribution in [0.3, 0.4) is 0 Å². The highest BCUT2D eigenvalue weighted by Crippen LogP contribution is 2.16. The Kier molecular flexibility index (Phi) is 4.77. The Hall–Kier alpha value is -0.580. The van der Waals surface area contributed by atoms with E-state index >= 15 is 0 Å². The van der Waals surface area contributed by atoms with Crippen LogP contribution in [-0.4, -0.2) is 20.2 Å². The molecule has 0 spiro atoms. The molecule has 0 saturated carbocycles. The molecule has 3 nitrogen and oxygen atoms in total. The Bertz CT molecular complexity index is 445. The second-order valence-corrected chi connectivity index (χ2v) is 6.17. The quantitative estimate of drug-likeness (QED) is 0.883. The lowest BCUT2D eigenvalue weighted by molar-refractivity contribution is 0.561. The highest BCUT2D eigenvalue weighted by molar-refractivity contribution is 7.89. The molecule has 0 aliphatic heterocycles. The van der Waals surface area contributed by atoms with E-state index in [1.165, 1.54) is 0 Å². The largest absolute Gasteiger partial charge is 0.212 e. The van der Waals surface area contributed by atoms with Gasteiger partial charge in [0.05, 0.1) is 5.75 Å². The number of halogens is 1. The lowest BCUT2D eigenvalue weighted by Crippen LogP contribution is -2.35. The van der Waals surface area contributed by atoms with Gasteiger partial charge in [-0.25, -0.2) is 13.1 Å². The van der Waals surface area contributed by atoms with Crippen molar-refractivity contribution in [2.45, 2.75) is 26.3 Å². The van der Waals surface area contributed by atoms with Gasteiger partial charge in [0.15, 0.2) is 0 Å². The zero-order valence-electron chi connectivity index (χ0n) is 9.40. The average molecular weight is 262 g/mol. The average Bonchev–Trinajstić information content (AvgIpc) is 2.21. The molecular weight excluding hydrogens is 246 g/mol. The third kappa shape index (κ3) is 4.12. The molecule has 0 aliphatic carbocycles. The third-order valence-corrected chi connectivity index (χ3v) is 4.14. The maximum Gasteiger partial charge on any atom is 0.211 e. The summed E-state index contributed by atoms with van der Waals surface area (Å²) in [5.41, 5.74) is 0.954. The van der Waals surface area contributed by atoms with Gasteiger partial charge in [0.1, 0.15) is 0 Å². The van der Waals surface area contributed by atoms with Crippen molar-refractivity contribution >= 4 is 21.6 Å². The number of hydrogen-bond acceptors (Lipinski definition) is 2. The van der Waals surface area contributed by atoms with Crippen molar-refractivity contribution in [2.24, 2.45) is 0 Å². The van der Waals surface area contributed by atoms with E-state index in [1.54, 1.807) is 13.0 Å². The van der Waals surface area contributed by atoms with Crippen LogP contribution in [0.25, 0.3) is 0 Å². The monoisotopic (exact) mass is 261 g/mol. The topological polar surface area (TPSA) is 46.2 Å². The summed E-state index contributed by atoms with van der Waals surface area (Å²) >= 11 is 6.00. The summed E-state index contributed by atoms with van der Waals surface area (Å²) in [6.45, 7) is 3.45. The number of sulfonamides is 1. The molecule has 0 bridgehead atoms. The van der Waals surface area contributed by atoms with Gasteiger partial charge in [0.2, 0.25) is 10.0 Å². The summed E-state index contributed by atoms with van der Waals surface area (Å²) in [5.74, 6) is 0.0971. The number of benzene rings is 1.